The van der Waals surface area contributed by atoms with Gasteiger partial charge < -0.3 is 28.4 Å². The summed E-state index contributed by atoms with van der Waals surface area (Å²) in [5.74, 6) is -2.68. The minimum Gasteiger partial charge on any atom is -0.462 e. The lowest BCUT2D eigenvalue weighted by atomic mass is 9.80. The van der Waals surface area contributed by atoms with Crippen molar-refractivity contribution in [2.75, 3.05) is 0 Å². The summed E-state index contributed by atoms with van der Waals surface area (Å²) in [6.07, 6.45) is -0.850. The van der Waals surface area contributed by atoms with Gasteiger partial charge in [0.25, 0.3) is 0 Å². The Morgan fingerprint density at radius 2 is 1.67 bits per heavy atom. The molecule has 3 fully saturated rings. The fourth-order valence-electron chi connectivity index (χ4n) is 5.55. The highest BCUT2D eigenvalue weighted by Gasteiger charge is 2.68. The SMILES string of the molecule is C=C1C(=O)O[C@H]2[C@H]1[C@H](OC(C)=O)C[C@]1(C)O[C@H]1C[C@H](OC(C)=O)/C(C)=C\C[C@H](OC(C)=O)[C@]1(C)O[C@@H]21. The van der Waals surface area contributed by atoms with E-state index in [2.05, 4.69) is 6.58 Å². The van der Waals surface area contributed by atoms with Gasteiger partial charge in [-0.05, 0) is 26.3 Å². The Bertz CT molecular complexity index is 1020. The van der Waals surface area contributed by atoms with Gasteiger partial charge in [-0.1, -0.05) is 12.7 Å². The van der Waals surface area contributed by atoms with Crippen molar-refractivity contribution >= 4 is 23.9 Å². The lowest BCUT2D eigenvalue weighted by Gasteiger charge is -2.29. The van der Waals surface area contributed by atoms with Crippen molar-refractivity contribution < 1.29 is 47.6 Å². The molecule has 36 heavy (non-hydrogen) atoms. The van der Waals surface area contributed by atoms with E-state index in [1.54, 1.807) is 6.92 Å². The fraction of sp³-hybridized carbons (Fsp3) is 0.692. The first kappa shape index (κ1) is 26.3. The number of hydrogen-bond acceptors (Lipinski definition) is 10. The first-order chi connectivity index (χ1) is 16.7. The minimum absolute atomic E-state index is 0.189. The summed E-state index contributed by atoms with van der Waals surface area (Å²) >= 11 is 0. The van der Waals surface area contributed by atoms with E-state index in [0.717, 1.165) is 5.57 Å². The number of rotatable bonds is 3. The van der Waals surface area contributed by atoms with Crippen LogP contribution in [-0.2, 0) is 47.6 Å². The molecule has 0 unspecified atom stereocenters. The Hall–Kier alpha value is -2.72. The summed E-state index contributed by atoms with van der Waals surface area (Å²) in [6, 6.07) is 0. The van der Waals surface area contributed by atoms with Crippen molar-refractivity contribution in [1.29, 1.82) is 0 Å². The van der Waals surface area contributed by atoms with E-state index in [0.29, 0.717) is 12.8 Å². The fourth-order valence-corrected chi connectivity index (χ4v) is 5.55. The number of esters is 4. The molecule has 198 valence electrons. The summed E-state index contributed by atoms with van der Waals surface area (Å²) in [5, 5.41) is 0. The van der Waals surface area contributed by atoms with E-state index in [9.17, 15) is 19.2 Å². The number of fused-ring (bicyclic) bond motifs is 4. The molecule has 0 bridgehead atoms. The summed E-state index contributed by atoms with van der Waals surface area (Å²) in [5.41, 5.74) is -0.656. The van der Waals surface area contributed by atoms with Gasteiger partial charge >= 0.3 is 23.9 Å². The summed E-state index contributed by atoms with van der Waals surface area (Å²) in [6.45, 7) is 13.4. The molecule has 0 aromatic rings. The third kappa shape index (κ3) is 5.06. The number of carbonyl (C=O) groups excluding carboxylic acids is 4. The number of epoxide rings is 2. The molecule has 0 aromatic carbocycles. The van der Waals surface area contributed by atoms with Crippen LogP contribution >= 0.6 is 0 Å². The van der Waals surface area contributed by atoms with Crippen molar-refractivity contribution in [1.82, 2.24) is 0 Å². The third-order valence-corrected chi connectivity index (χ3v) is 7.65. The maximum Gasteiger partial charge on any atom is 0.334 e. The monoisotopic (exact) mass is 506 g/mol. The van der Waals surface area contributed by atoms with Gasteiger partial charge in [0.1, 0.15) is 36.1 Å². The molecule has 4 rings (SSSR count). The van der Waals surface area contributed by atoms with Gasteiger partial charge in [-0.25, -0.2) is 4.79 Å². The molecule has 9 atom stereocenters. The second-order valence-corrected chi connectivity index (χ2v) is 10.5. The van der Waals surface area contributed by atoms with Gasteiger partial charge in [0.05, 0.1) is 17.6 Å². The van der Waals surface area contributed by atoms with Crippen LogP contribution in [0.1, 0.15) is 60.8 Å². The summed E-state index contributed by atoms with van der Waals surface area (Å²) in [4.78, 5) is 48.4. The van der Waals surface area contributed by atoms with Crippen LogP contribution in [0.15, 0.2) is 23.8 Å². The lowest BCUT2D eigenvalue weighted by molar-refractivity contribution is -0.152. The Morgan fingerprint density at radius 3 is 2.28 bits per heavy atom. The molecule has 0 saturated carbocycles. The molecule has 0 N–H and O–H groups in total. The molecule has 4 aliphatic rings. The largest absolute Gasteiger partial charge is 0.462 e. The summed E-state index contributed by atoms with van der Waals surface area (Å²) in [7, 11) is 0. The van der Waals surface area contributed by atoms with Gasteiger partial charge in [-0.15, -0.1) is 0 Å². The van der Waals surface area contributed by atoms with Crippen LogP contribution in [-0.4, -0.2) is 71.7 Å². The molecular formula is C26H34O10. The second-order valence-electron chi connectivity index (χ2n) is 10.5. The van der Waals surface area contributed by atoms with Crippen LogP contribution < -0.4 is 0 Å². The summed E-state index contributed by atoms with van der Waals surface area (Å²) < 4.78 is 34.7. The van der Waals surface area contributed by atoms with E-state index >= 15 is 0 Å². The zero-order valence-corrected chi connectivity index (χ0v) is 21.5. The van der Waals surface area contributed by atoms with Crippen molar-refractivity contribution in [3.63, 3.8) is 0 Å². The highest BCUT2D eigenvalue weighted by atomic mass is 16.7. The van der Waals surface area contributed by atoms with Gasteiger partial charge in [-0.2, -0.15) is 0 Å². The highest BCUT2D eigenvalue weighted by molar-refractivity contribution is 5.91. The first-order valence-electron chi connectivity index (χ1n) is 12.2. The zero-order valence-electron chi connectivity index (χ0n) is 21.5. The molecule has 3 saturated heterocycles. The van der Waals surface area contributed by atoms with Crippen molar-refractivity contribution in [2.45, 2.75) is 109 Å². The predicted molar refractivity (Wildman–Crippen MR) is 123 cm³/mol. The van der Waals surface area contributed by atoms with Gasteiger partial charge in [0.15, 0.2) is 0 Å². The molecule has 10 nitrogen and oxygen atoms in total. The van der Waals surface area contributed by atoms with Crippen LogP contribution in [0.5, 0.6) is 0 Å². The smallest absolute Gasteiger partial charge is 0.334 e. The normalized spacial score (nSPS) is 43.3. The van der Waals surface area contributed by atoms with E-state index in [4.69, 9.17) is 28.4 Å². The van der Waals surface area contributed by atoms with E-state index < -0.39 is 71.5 Å². The first-order valence-corrected chi connectivity index (χ1v) is 12.2. The van der Waals surface area contributed by atoms with Gasteiger partial charge in [0.2, 0.25) is 0 Å². The second kappa shape index (κ2) is 9.30. The maximum atomic E-state index is 12.6. The number of hydrogen-bond donors (Lipinski definition) is 0. The quantitative estimate of drug-likeness (QED) is 0.185. The van der Waals surface area contributed by atoms with E-state index in [1.165, 1.54) is 20.8 Å². The Kier molecular flexibility index (Phi) is 6.81. The van der Waals surface area contributed by atoms with Crippen LogP contribution in [0.2, 0.25) is 0 Å². The standard InChI is InChI=1S/C26H34O10/c1-12-8-9-19(33-16(5)29)26(7)23(36-26)22-21(13(2)24(30)34-22)18(32-15(4)28)11-25(6)20(35-25)10-17(12)31-14(3)27/h8,17-23H,2,9-11H2,1,3-7H3/b12-8-/t17-,18+,19-,20-,21+,22-,23-,25-,26-/m0/s1. The van der Waals surface area contributed by atoms with Gasteiger partial charge in [0, 0.05) is 45.6 Å². The average molecular weight is 507 g/mol. The molecule has 0 amide bonds. The average Bonchev–Trinajstić information content (AvgIpc) is 3.58. The molecule has 10 heteroatoms. The maximum absolute atomic E-state index is 12.6. The van der Waals surface area contributed by atoms with Crippen molar-refractivity contribution in [2.24, 2.45) is 5.92 Å². The molecular weight excluding hydrogens is 472 g/mol. The molecule has 0 spiro atoms. The van der Waals surface area contributed by atoms with Crippen molar-refractivity contribution in [3.05, 3.63) is 23.8 Å². The molecule has 1 aliphatic carbocycles. The molecule has 3 heterocycles. The molecule has 0 aromatic heterocycles. The minimum atomic E-state index is -0.958. The zero-order chi connectivity index (χ0) is 26.6. The van der Waals surface area contributed by atoms with Gasteiger partial charge in [-0.3, -0.25) is 14.4 Å². The number of ether oxygens (including phenoxy) is 6. The highest BCUT2D eigenvalue weighted by Crippen LogP contribution is 2.53. The van der Waals surface area contributed by atoms with E-state index in [1.807, 2.05) is 19.9 Å². The molecule has 0 radical (unpaired) electrons. The lowest BCUT2D eigenvalue weighted by Crippen LogP contribution is -2.43. The van der Waals surface area contributed by atoms with Crippen LogP contribution in [0.25, 0.3) is 0 Å². The van der Waals surface area contributed by atoms with Crippen LogP contribution in [0, 0.1) is 5.92 Å². The predicted octanol–water partition coefficient (Wildman–Crippen LogP) is 2.32. The Labute approximate surface area is 210 Å². The Morgan fingerprint density at radius 1 is 1.03 bits per heavy atom. The van der Waals surface area contributed by atoms with Crippen LogP contribution in [0.4, 0.5) is 0 Å². The van der Waals surface area contributed by atoms with E-state index in [-0.39, 0.29) is 18.1 Å². The molecule has 3 aliphatic heterocycles. The van der Waals surface area contributed by atoms with Crippen molar-refractivity contribution in [3.8, 4) is 0 Å². The van der Waals surface area contributed by atoms with Crippen LogP contribution in [0.3, 0.4) is 0 Å². The topological polar surface area (TPSA) is 130 Å². The Balaban J connectivity index is 1.74. The number of carbonyl (C=O) groups is 4. The third-order valence-electron chi connectivity index (χ3n) is 7.65.